The third-order valence-corrected chi connectivity index (χ3v) is 8.11. The summed E-state index contributed by atoms with van der Waals surface area (Å²) in [6, 6.07) is 1.59. The van der Waals surface area contributed by atoms with Gasteiger partial charge in [-0.1, -0.05) is 27.2 Å². The van der Waals surface area contributed by atoms with E-state index in [0.717, 1.165) is 25.1 Å². The van der Waals surface area contributed by atoms with Crippen LogP contribution >= 0.6 is 0 Å². The van der Waals surface area contributed by atoms with Crippen LogP contribution in [0.15, 0.2) is 22.0 Å². The molecular formula is C22H31N7O3S. The van der Waals surface area contributed by atoms with Gasteiger partial charge in [0.25, 0.3) is 5.56 Å². The Kier molecular flexibility index (Phi) is 6.64. The number of piperazine rings is 1. The molecule has 0 atom stereocenters. The number of H-pyrrole nitrogens is 1. The van der Waals surface area contributed by atoms with E-state index in [2.05, 4.69) is 33.8 Å². The number of aromatic amines is 1. The van der Waals surface area contributed by atoms with E-state index in [1.807, 2.05) is 6.92 Å². The second kappa shape index (κ2) is 9.32. The van der Waals surface area contributed by atoms with Crippen LogP contribution in [0.5, 0.6) is 0 Å². The molecule has 4 rings (SSSR count). The number of hydrogen-bond donors (Lipinski definition) is 1. The fraction of sp³-hybridized carbons (Fsp3) is 0.545. The molecule has 0 unspecified atom stereocenters. The molecule has 11 heteroatoms. The molecule has 0 saturated carbocycles. The first-order chi connectivity index (χ1) is 15.8. The van der Waals surface area contributed by atoms with E-state index in [0.29, 0.717) is 55.2 Å². The number of pyridine rings is 1. The number of aryl methyl sites for hydroxylation is 3. The van der Waals surface area contributed by atoms with Gasteiger partial charge in [-0.05, 0) is 25.5 Å². The first-order valence-corrected chi connectivity index (χ1v) is 12.9. The summed E-state index contributed by atoms with van der Waals surface area (Å²) in [5, 5.41) is 4.33. The smallest absolute Gasteiger partial charge is 0.279 e. The highest BCUT2D eigenvalue weighted by atomic mass is 32.2. The van der Waals surface area contributed by atoms with Gasteiger partial charge in [0.2, 0.25) is 10.0 Å². The van der Waals surface area contributed by atoms with Crippen LogP contribution in [0.4, 0.5) is 0 Å². The van der Waals surface area contributed by atoms with Gasteiger partial charge < -0.3 is 9.88 Å². The number of nitrogens with one attached hydrogen (secondary N) is 1. The van der Waals surface area contributed by atoms with E-state index in [1.165, 1.54) is 10.5 Å². The molecule has 4 heterocycles. The van der Waals surface area contributed by atoms with Crippen molar-refractivity contribution in [1.29, 1.82) is 0 Å². The second-order valence-electron chi connectivity index (χ2n) is 8.29. The predicted octanol–water partition coefficient (Wildman–Crippen LogP) is 1.56. The van der Waals surface area contributed by atoms with Crippen LogP contribution in [0.2, 0.25) is 0 Å². The van der Waals surface area contributed by atoms with Crippen molar-refractivity contribution in [1.82, 2.24) is 33.9 Å². The maximum Gasteiger partial charge on any atom is 0.279 e. The molecular weight excluding hydrogens is 442 g/mol. The molecule has 0 aliphatic carbocycles. The van der Waals surface area contributed by atoms with Crippen molar-refractivity contribution in [3.63, 3.8) is 0 Å². The fourth-order valence-corrected chi connectivity index (χ4v) is 5.70. The molecule has 0 aromatic carbocycles. The lowest BCUT2D eigenvalue weighted by Gasteiger charge is -2.33. The topological polar surface area (TPSA) is 117 Å². The quantitative estimate of drug-likeness (QED) is 0.553. The molecule has 0 bridgehead atoms. The first kappa shape index (κ1) is 23.5. The number of rotatable bonds is 7. The maximum absolute atomic E-state index is 13.3. The number of hydrogen-bond acceptors (Lipinski definition) is 7. The molecule has 1 aliphatic rings. The minimum Gasteiger partial charge on any atom is -0.305 e. The predicted molar refractivity (Wildman–Crippen MR) is 127 cm³/mol. The van der Waals surface area contributed by atoms with Crippen LogP contribution in [0, 0.1) is 0 Å². The number of fused-ring (bicyclic) bond motifs is 1. The van der Waals surface area contributed by atoms with Crippen molar-refractivity contribution in [2.75, 3.05) is 32.7 Å². The monoisotopic (exact) mass is 473 g/mol. The minimum absolute atomic E-state index is 0.113. The van der Waals surface area contributed by atoms with Crippen molar-refractivity contribution in [2.24, 2.45) is 7.05 Å². The third kappa shape index (κ3) is 4.32. The minimum atomic E-state index is -3.71. The fourth-order valence-electron chi connectivity index (χ4n) is 4.31. The van der Waals surface area contributed by atoms with Crippen LogP contribution in [-0.2, 0) is 29.9 Å². The molecule has 0 amide bonds. The Hall–Kier alpha value is -2.63. The molecule has 1 saturated heterocycles. The standard InChI is InChI=1S/C22H31N7O3S/c1-5-8-18-19-20(26-27(18)4)22(30)25-21(24-19)16-13-15(14-23-17(16)6-2)33(31,32)29-11-9-28(7-3)10-12-29/h13-14H,5-12H2,1-4H3,(H,24,25,30). The summed E-state index contributed by atoms with van der Waals surface area (Å²) in [6.45, 7) is 9.26. The van der Waals surface area contributed by atoms with Gasteiger partial charge in [0.05, 0.1) is 11.4 Å². The van der Waals surface area contributed by atoms with Crippen molar-refractivity contribution >= 4 is 21.1 Å². The third-order valence-electron chi connectivity index (χ3n) is 6.25. The largest absolute Gasteiger partial charge is 0.305 e. The number of likely N-dealkylation sites (N-methyl/N-ethyl adjacent to an activating group) is 1. The van der Waals surface area contributed by atoms with Gasteiger partial charge in [-0.3, -0.25) is 14.5 Å². The van der Waals surface area contributed by atoms with Gasteiger partial charge in [-0.25, -0.2) is 13.4 Å². The van der Waals surface area contributed by atoms with Crippen molar-refractivity contribution in [2.45, 2.75) is 44.9 Å². The molecule has 10 nitrogen and oxygen atoms in total. The zero-order chi connectivity index (χ0) is 23.8. The molecule has 3 aromatic heterocycles. The molecule has 1 aliphatic heterocycles. The van der Waals surface area contributed by atoms with E-state index in [1.54, 1.807) is 17.8 Å². The molecule has 1 fully saturated rings. The van der Waals surface area contributed by atoms with Gasteiger partial charge in [-0.2, -0.15) is 9.40 Å². The Labute approximate surface area is 193 Å². The Morgan fingerprint density at radius 1 is 1.09 bits per heavy atom. The maximum atomic E-state index is 13.3. The van der Waals surface area contributed by atoms with E-state index in [9.17, 15) is 13.2 Å². The molecule has 0 radical (unpaired) electrons. The molecule has 1 N–H and O–H groups in total. The van der Waals surface area contributed by atoms with Crippen LogP contribution < -0.4 is 5.56 Å². The molecule has 33 heavy (non-hydrogen) atoms. The van der Waals surface area contributed by atoms with Gasteiger partial charge in [0.15, 0.2) is 5.52 Å². The van der Waals surface area contributed by atoms with Gasteiger partial charge >= 0.3 is 0 Å². The Bertz CT molecular complexity index is 1320. The Balaban J connectivity index is 1.80. The summed E-state index contributed by atoms with van der Waals surface area (Å²) >= 11 is 0. The lowest BCUT2D eigenvalue weighted by Crippen LogP contribution is -2.48. The van der Waals surface area contributed by atoms with E-state index < -0.39 is 10.0 Å². The summed E-state index contributed by atoms with van der Waals surface area (Å²) in [6.07, 6.45) is 3.60. The SMILES string of the molecule is CCCc1c2nc(-c3cc(S(=O)(=O)N4CCN(CC)CC4)cnc3CC)[nH]c(=O)c2nn1C. The van der Waals surface area contributed by atoms with Gasteiger partial charge in [0.1, 0.15) is 16.2 Å². The van der Waals surface area contributed by atoms with E-state index >= 15 is 0 Å². The average molecular weight is 474 g/mol. The van der Waals surface area contributed by atoms with Crippen molar-refractivity contribution in [3.8, 4) is 11.4 Å². The lowest BCUT2D eigenvalue weighted by molar-refractivity contribution is 0.196. The van der Waals surface area contributed by atoms with Gasteiger partial charge in [-0.15, -0.1) is 0 Å². The zero-order valence-corrected chi connectivity index (χ0v) is 20.4. The van der Waals surface area contributed by atoms with Crippen LogP contribution in [-0.4, -0.2) is 75.1 Å². The highest BCUT2D eigenvalue weighted by molar-refractivity contribution is 7.89. The second-order valence-corrected chi connectivity index (χ2v) is 10.2. The zero-order valence-electron chi connectivity index (χ0n) is 19.6. The van der Waals surface area contributed by atoms with Crippen molar-refractivity contribution in [3.05, 3.63) is 34.0 Å². The highest BCUT2D eigenvalue weighted by Gasteiger charge is 2.29. The van der Waals surface area contributed by atoms with E-state index in [-0.39, 0.29) is 16.0 Å². The molecule has 0 spiro atoms. The number of sulfonamides is 1. The summed E-state index contributed by atoms with van der Waals surface area (Å²) < 4.78 is 29.9. The summed E-state index contributed by atoms with van der Waals surface area (Å²) in [4.78, 5) is 27.1. The summed E-state index contributed by atoms with van der Waals surface area (Å²) in [5.74, 6) is 0.315. The van der Waals surface area contributed by atoms with Gasteiger partial charge in [0, 0.05) is 45.0 Å². The summed E-state index contributed by atoms with van der Waals surface area (Å²) in [5.41, 5.74) is 2.56. The summed E-state index contributed by atoms with van der Waals surface area (Å²) in [7, 11) is -1.90. The molecule has 178 valence electrons. The van der Waals surface area contributed by atoms with Crippen LogP contribution in [0.1, 0.15) is 38.6 Å². The van der Waals surface area contributed by atoms with Crippen LogP contribution in [0.25, 0.3) is 22.4 Å². The molecule has 3 aromatic rings. The Morgan fingerprint density at radius 2 is 1.82 bits per heavy atom. The number of aromatic nitrogens is 5. The first-order valence-electron chi connectivity index (χ1n) is 11.5. The number of nitrogens with zero attached hydrogens (tertiary/aromatic N) is 6. The average Bonchev–Trinajstić information content (AvgIpc) is 3.14. The van der Waals surface area contributed by atoms with E-state index in [4.69, 9.17) is 4.98 Å². The lowest BCUT2D eigenvalue weighted by atomic mass is 10.1. The van der Waals surface area contributed by atoms with Crippen LogP contribution in [0.3, 0.4) is 0 Å². The highest BCUT2D eigenvalue weighted by Crippen LogP contribution is 2.26. The normalized spacial score (nSPS) is 16.0. The Morgan fingerprint density at radius 3 is 2.45 bits per heavy atom. The van der Waals surface area contributed by atoms with Crippen molar-refractivity contribution < 1.29 is 8.42 Å².